The average Bonchev–Trinajstić information content (AvgIpc) is 2.78. The van der Waals surface area contributed by atoms with E-state index in [2.05, 4.69) is 30.1 Å². The summed E-state index contributed by atoms with van der Waals surface area (Å²) < 4.78 is 6.43. The molecule has 1 heterocycles. The predicted octanol–water partition coefficient (Wildman–Crippen LogP) is 6.18. The van der Waals surface area contributed by atoms with Crippen molar-refractivity contribution >= 4 is 0 Å². The molecule has 6 atom stereocenters. The van der Waals surface area contributed by atoms with Crippen molar-refractivity contribution in [2.24, 2.45) is 23.7 Å². The summed E-state index contributed by atoms with van der Waals surface area (Å²) in [5.41, 5.74) is 3.68. The maximum Gasteiger partial charge on any atom is 0.139 e. The molecule has 3 saturated carbocycles. The molecule has 157 valence electrons. The summed E-state index contributed by atoms with van der Waals surface area (Å²) in [5, 5.41) is 3.86. The SMILES string of the molecule is [CH](Oc1ccc2c(c1)[C@@]13CCCC[C@H]1[C@@H](C2)NCC3)C1CCCC2CCCCC12. The molecule has 1 N–H and O–H groups in total. The molecule has 4 aliphatic carbocycles. The molecule has 2 nitrogen and oxygen atoms in total. The van der Waals surface area contributed by atoms with Crippen molar-refractivity contribution in [1.82, 2.24) is 5.32 Å². The van der Waals surface area contributed by atoms with E-state index >= 15 is 0 Å². The first kappa shape index (κ1) is 18.7. The van der Waals surface area contributed by atoms with Gasteiger partial charge in [0.05, 0.1) is 0 Å². The lowest BCUT2D eigenvalue weighted by molar-refractivity contribution is 0.0790. The normalized spacial score (nSPS) is 41.0. The van der Waals surface area contributed by atoms with Crippen LogP contribution in [0.5, 0.6) is 5.75 Å². The number of hydrogen-bond acceptors (Lipinski definition) is 2. The van der Waals surface area contributed by atoms with Crippen LogP contribution in [0.15, 0.2) is 18.2 Å². The Morgan fingerprint density at radius 3 is 2.83 bits per heavy atom. The second-order valence-electron chi connectivity index (χ2n) is 10.9. The van der Waals surface area contributed by atoms with E-state index in [1.54, 1.807) is 11.1 Å². The van der Waals surface area contributed by atoms with Crippen molar-refractivity contribution in [3.8, 4) is 5.75 Å². The van der Waals surface area contributed by atoms with Crippen LogP contribution >= 0.6 is 0 Å². The molecular formula is C27H38NO. The van der Waals surface area contributed by atoms with E-state index in [-0.39, 0.29) is 0 Å². The summed E-state index contributed by atoms with van der Waals surface area (Å²) in [6, 6.07) is 7.83. The molecule has 0 aromatic heterocycles. The highest BCUT2D eigenvalue weighted by molar-refractivity contribution is 5.45. The average molecular weight is 393 g/mol. The van der Waals surface area contributed by atoms with Crippen LogP contribution in [0.25, 0.3) is 0 Å². The van der Waals surface area contributed by atoms with E-state index in [4.69, 9.17) is 4.74 Å². The van der Waals surface area contributed by atoms with Gasteiger partial charge in [0.15, 0.2) is 0 Å². The third kappa shape index (κ3) is 3.16. The van der Waals surface area contributed by atoms with Crippen molar-refractivity contribution in [3.05, 3.63) is 35.9 Å². The Hall–Kier alpha value is -1.02. The number of nitrogens with one attached hydrogen (secondary N) is 1. The number of hydrogen-bond donors (Lipinski definition) is 1. The minimum atomic E-state index is 0.431. The predicted molar refractivity (Wildman–Crippen MR) is 118 cm³/mol. The highest BCUT2D eigenvalue weighted by Crippen LogP contribution is 2.54. The molecule has 6 rings (SSSR count). The minimum absolute atomic E-state index is 0.431. The Bertz CT molecular complexity index is 738. The van der Waals surface area contributed by atoms with Crippen LogP contribution < -0.4 is 10.1 Å². The number of fused-ring (bicyclic) bond motifs is 2. The molecule has 5 aliphatic rings. The van der Waals surface area contributed by atoms with Gasteiger partial charge < -0.3 is 10.1 Å². The van der Waals surface area contributed by atoms with Gasteiger partial charge in [-0.25, -0.2) is 0 Å². The molecule has 3 unspecified atom stereocenters. The second kappa shape index (κ2) is 7.59. The van der Waals surface area contributed by atoms with Gasteiger partial charge in [0.25, 0.3) is 0 Å². The van der Waals surface area contributed by atoms with E-state index in [1.807, 2.05) is 0 Å². The molecule has 1 aromatic carbocycles. The topological polar surface area (TPSA) is 21.3 Å². The Morgan fingerprint density at radius 1 is 0.931 bits per heavy atom. The Morgan fingerprint density at radius 2 is 1.83 bits per heavy atom. The second-order valence-corrected chi connectivity index (χ2v) is 10.9. The van der Waals surface area contributed by atoms with Crippen molar-refractivity contribution in [2.75, 3.05) is 6.54 Å². The van der Waals surface area contributed by atoms with Crippen LogP contribution in [0, 0.1) is 30.3 Å². The van der Waals surface area contributed by atoms with E-state index in [0.29, 0.717) is 17.4 Å². The van der Waals surface area contributed by atoms with Crippen LogP contribution in [0.3, 0.4) is 0 Å². The number of rotatable bonds is 3. The van der Waals surface area contributed by atoms with Crippen LogP contribution in [-0.2, 0) is 11.8 Å². The first-order valence-electron chi connectivity index (χ1n) is 12.7. The monoisotopic (exact) mass is 392 g/mol. The zero-order chi connectivity index (χ0) is 19.3. The maximum absolute atomic E-state index is 6.43. The molecule has 1 aliphatic heterocycles. The minimum Gasteiger partial charge on any atom is -0.486 e. The van der Waals surface area contributed by atoms with E-state index in [9.17, 15) is 0 Å². The summed E-state index contributed by atoms with van der Waals surface area (Å²) in [6.07, 6.45) is 18.2. The lowest BCUT2D eigenvalue weighted by Gasteiger charge is -2.56. The van der Waals surface area contributed by atoms with Crippen molar-refractivity contribution in [1.29, 1.82) is 0 Å². The molecule has 1 radical (unpaired) electrons. The van der Waals surface area contributed by atoms with Crippen LogP contribution in [0.2, 0.25) is 0 Å². The smallest absolute Gasteiger partial charge is 0.139 e. The van der Waals surface area contributed by atoms with E-state index < -0.39 is 0 Å². The van der Waals surface area contributed by atoms with Gasteiger partial charge in [-0.1, -0.05) is 51.0 Å². The highest BCUT2D eigenvalue weighted by Gasteiger charge is 2.51. The summed E-state index contributed by atoms with van der Waals surface area (Å²) in [6.45, 7) is 3.46. The van der Waals surface area contributed by atoms with Crippen molar-refractivity contribution < 1.29 is 4.74 Å². The Kier molecular flexibility index (Phi) is 4.90. The van der Waals surface area contributed by atoms with Crippen LogP contribution in [0.4, 0.5) is 0 Å². The number of benzene rings is 1. The van der Waals surface area contributed by atoms with Crippen molar-refractivity contribution in [3.63, 3.8) is 0 Å². The summed E-state index contributed by atoms with van der Waals surface area (Å²) in [7, 11) is 0. The Balaban J connectivity index is 1.23. The highest BCUT2D eigenvalue weighted by atomic mass is 16.5. The van der Waals surface area contributed by atoms with Gasteiger partial charge in [-0.15, -0.1) is 0 Å². The van der Waals surface area contributed by atoms with Gasteiger partial charge >= 0.3 is 0 Å². The summed E-state index contributed by atoms with van der Waals surface area (Å²) in [5.74, 6) is 4.49. The van der Waals surface area contributed by atoms with E-state index in [1.165, 1.54) is 90.0 Å². The lowest BCUT2D eigenvalue weighted by atomic mass is 9.53. The van der Waals surface area contributed by atoms with Gasteiger partial charge in [-0.3, -0.25) is 0 Å². The third-order valence-electron chi connectivity index (χ3n) is 9.63. The largest absolute Gasteiger partial charge is 0.486 e. The number of ether oxygens (including phenoxy) is 1. The number of piperidine rings is 1. The fourth-order valence-electron chi connectivity index (χ4n) is 8.30. The lowest BCUT2D eigenvalue weighted by Crippen LogP contribution is -2.59. The molecule has 1 saturated heterocycles. The third-order valence-corrected chi connectivity index (χ3v) is 9.63. The zero-order valence-electron chi connectivity index (χ0n) is 18.0. The molecule has 0 spiro atoms. The molecule has 4 fully saturated rings. The first-order valence-corrected chi connectivity index (χ1v) is 12.7. The maximum atomic E-state index is 6.43. The molecule has 2 heteroatoms. The van der Waals surface area contributed by atoms with Gasteiger partial charge in [0, 0.05) is 17.4 Å². The molecule has 29 heavy (non-hydrogen) atoms. The molecule has 0 amide bonds. The van der Waals surface area contributed by atoms with Crippen LogP contribution in [-0.4, -0.2) is 12.6 Å². The van der Waals surface area contributed by atoms with E-state index in [0.717, 1.165) is 23.5 Å². The van der Waals surface area contributed by atoms with Gasteiger partial charge in [0.2, 0.25) is 0 Å². The molecule has 1 aromatic rings. The standard InChI is InChI=1S/C27H38NO/c1-2-9-23-19(6-1)7-5-8-21(23)18-29-22-12-11-20-16-26-24-10-3-4-13-27(24,14-15-28-26)25(20)17-22/h11-12,17-19,21,23-24,26,28H,1-10,13-16H2/t19?,21?,23?,24-,26+,27+/m0/s1. The zero-order valence-corrected chi connectivity index (χ0v) is 18.0. The quantitative estimate of drug-likeness (QED) is 0.663. The fourth-order valence-corrected chi connectivity index (χ4v) is 8.30. The van der Waals surface area contributed by atoms with Gasteiger partial charge in [-0.2, -0.15) is 0 Å². The fraction of sp³-hybridized carbons (Fsp3) is 0.741. The summed E-state index contributed by atoms with van der Waals surface area (Å²) in [4.78, 5) is 0. The van der Waals surface area contributed by atoms with Gasteiger partial charge in [0.1, 0.15) is 12.4 Å². The molecule has 2 bridgehead atoms. The van der Waals surface area contributed by atoms with Gasteiger partial charge in [-0.05, 0) is 86.1 Å². The van der Waals surface area contributed by atoms with Crippen molar-refractivity contribution in [2.45, 2.75) is 94.9 Å². The molecular weight excluding hydrogens is 354 g/mol. The van der Waals surface area contributed by atoms with Crippen LogP contribution in [0.1, 0.15) is 88.2 Å². The Labute approximate surface area is 177 Å². The summed E-state index contributed by atoms with van der Waals surface area (Å²) >= 11 is 0. The first-order chi connectivity index (χ1) is 14.3.